The average Bonchev–Trinajstić information content (AvgIpc) is 2.67. The molecule has 2 N–H and O–H groups in total. The lowest BCUT2D eigenvalue weighted by molar-refractivity contribution is -0.120. The Kier molecular flexibility index (Phi) is 5.13. The van der Waals surface area contributed by atoms with Crippen LogP contribution < -0.4 is 5.32 Å². The molecule has 0 unspecified atom stereocenters. The molecule has 1 aromatic rings. The Morgan fingerprint density at radius 1 is 1.69 bits per heavy atom. The van der Waals surface area contributed by atoms with Gasteiger partial charge in [0.1, 0.15) is 0 Å². The fraction of sp³-hybridized carbons (Fsp3) is 0.500. The highest BCUT2D eigenvalue weighted by molar-refractivity contribution is 5.76. The molecule has 1 rings (SSSR count). The van der Waals surface area contributed by atoms with Gasteiger partial charge in [0.25, 0.3) is 0 Å². The van der Waals surface area contributed by atoms with E-state index in [4.69, 9.17) is 6.42 Å². The van der Waals surface area contributed by atoms with E-state index >= 15 is 0 Å². The maximum atomic E-state index is 11.2. The normalized spacial score (nSPS) is 9.75. The minimum absolute atomic E-state index is 0.0295. The summed E-state index contributed by atoms with van der Waals surface area (Å²) in [5, 5.41) is 9.66. The Hall–Kier alpha value is -1.76. The predicted molar refractivity (Wildman–Crippen MR) is 62.7 cm³/mol. The summed E-state index contributed by atoms with van der Waals surface area (Å²) in [6, 6.07) is 0. The molecule has 4 nitrogen and oxygen atoms in total. The zero-order valence-electron chi connectivity index (χ0n) is 9.55. The van der Waals surface area contributed by atoms with Crippen LogP contribution in [0.2, 0.25) is 0 Å². The summed E-state index contributed by atoms with van der Waals surface area (Å²) in [5.41, 5.74) is 2.30. The summed E-state index contributed by atoms with van der Waals surface area (Å²) >= 11 is 0. The third-order valence-corrected chi connectivity index (χ3v) is 2.38. The van der Waals surface area contributed by atoms with Gasteiger partial charge in [0.05, 0.1) is 6.20 Å². The summed E-state index contributed by atoms with van der Waals surface area (Å²) < 4.78 is 0. The predicted octanol–water partition coefficient (Wildman–Crippen LogP) is 1.18. The monoisotopic (exact) mass is 219 g/mol. The van der Waals surface area contributed by atoms with Gasteiger partial charge < -0.3 is 5.32 Å². The first-order chi connectivity index (χ1) is 7.74. The van der Waals surface area contributed by atoms with Crippen molar-refractivity contribution < 1.29 is 4.79 Å². The molecule has 0 saturated heterocycles. The summed E-state index contributed by atoms with van der Waals surface area (Å²) in [5.74, 6) is 2.48. The Balaban J connectivity index is 2.11. The second-order valence-electron chi connectivity index (χ2n) is 3.68. The summed E-state index contributed by atoms with van der Waals surface area (Å²) in [7, 11) is 0. The van der Waals surface area contributed by atoms with Crippen molar-refractivity contribution in [3.8, 4) is 12.3 Å². The standard InChI is InChI=1S/C12H17N3O/c1-3-4-7-12(16)13-8-5-6-11-9-14-15-10(11)2/h1,9H,4-8H2,2H3,(H,13,16)(H,14,15). The second kappa shape index (κ2) is 6.67. The van der Waals surface area contributed by atoms with Crippen LogP contribution in [0.4, 0.5) is 0 Å². The zero-order valence-corrected chi connectivity index (χ0v) is 9.55. The molecule has 4 heteroatoms. The molecule has 0 radical (unpaired) electrons. The van der Waals surface area contributed by atoms with Crippen LogP contribution in [0.25, 0.3) is 0 Å². The molecule has 0 aliphatic heterocycles. The van der Waals surface area contributed by atoms with E-state index in [1.165, 1.54) is 5.56 Å². The van der Waals surface area contributed by atoms with Crippen LogP contribution in [0.1, 0.15) is 30.5 Å². The van der Waals surface area contributed by atoms with Crippen LogP contribution in [0.5, 0.6) is 0 Å². The molecule has 0 atom stereocenters. The van der Waals surface area contributed by atoms with Gasteiger partial charge in [-0.1, -0.05) is 0 Å². The number of carbonyl (C=O) groups is 1. The molecule has 16 heavy (non-hydrogen) atoms. The quantitative estimate of drug-likeness (QED) is 0.557. The molecule has 1 heterocycles. The fourth-order valence-electron chi connectivity index (χ4n) is 1.41. The number of terminal acetylenes is 1. The largest absolute Gasteiger partial charge is 0.356 e. The van der Waals surface area contributed by atoms with E-state index in [-0.39, 0.29) is 5.91 Å². The lowest BCUT2D eigenvalue weighted by atomic mass is 10.1. The minimum Gasteiger partial charge on any atom is -0.356 e. The number of nitrogens with one attached hydrogen (secondary N) is 2. The Labute approximate surface area is 95.8 Å². The van der Waals surface area contributed by atoms with Gasteiger partial charge in [0.2, 0.25) is 5.91 Å². The molecular formula is C12H17N3O. The van der Waals surface area contributed by atoms with Crippen molar-refractivity contribution in [1.29, 1.82) is 0 Å². The van der Waals surface area contributed by atoms with Crippen molar-refractivity contribution in [2.75, 3.05) is 6.54 Å². The maximum absolute atomic E-state index is 11.2. The van der Waals surface area contributed by atoms with Gasteiger partial charge in [-0.25, -0.2) is 0 Å². The third kappa shape index (κ3) is 4.18. The highest BCUT2D eigenvalue weighted by Gasteiger charge is 2.01. The van der Waals surface area contributed by atoms with Crippen LogP contribution in [-0.2, 0) is 11.2 Å². The van der Waals surface area contributed by atoms with Crippen molar-refractivity contribution in [3.05, 3.63) is 17.5 Å². The second-order valence-corrected chi connectivity index (χ2v) is 3.68. The minimum atomic E-state index is 0.0295. The van der Waals surface area contributed by atoms with Crippen molar-refractivity contribution >= 4 is 5.91 Å². The number of rotatable bonds is 6. The lowest BCUT2D eigenvalue weighted by Crippen LogP contribution is -2.24. The maximum Gasteiger partial charge on any atom is 0.220 e. The average molecular weight is 219 g/mol. The molecule has 0 spiro atoms. The van der Waals surface area contributed by atoms with Crippen molar-refractivity contribution in [3.63, 3.8) is 0 Å². The number of aryl methyl sites for hydroxylation is 2. The Morgan fingerprint density at radius 2 is 2.50 bits per heavy atom. The van der Waals surface area contributed by atoms with Gasteiger partial charge in [0.15, 0.2) is 0 Å². The molecule has 0 aliphatic rings. The number of aromatic amines is 1. The summed E-state index contributed by atoms with van der Waals surface area (Å²) in [6.45, 7) is 2.68. The summed E-state index contributed by atoms with van der Waals surface area (Å²) in [4.78, 5) is 11.2. The fourth-order valence-corrected chi connectivity index (χ4v) is 1.41. The number of H-pyrrole nitrogens is 1. The van der Waals surface area contributed by atoms with E-state index in [1.54, 1.807) is 0 Å². The third-order valence-electron chi connectivity index (χ3n) is 2.38. The van der Waals surface area contributed by atoms with Gasteiger partial charge >= 0.3 is 0 Å². The van der Waals surface area contributed by atoms with Gasteiger partial charge in [-0.05, 0) is 25.3 Å². The number of aromatic nitrogens is 2. The number of hydrogen-bond acceptors (Lipinski definition) is 2. The molecule has 86 valence electrons. The van der Waals surface area contributed by atoms with Crippen LogP contribution >= 0.6 is 0 Å². The topological polar surface area (TPSA) is 57.8 Å². The van der Waals surface area contributed by atoms with E-state index in [0.717, 1.165) is 18.5 Å². The van der Waals surface area contributed by atoms with Crippen molar-refractivity contribution in [2.45, 2.75) is 32.6 Å². The molecule has 0 fully saturated rings. The molecule has 0 aliphatic carbocycles. The molecule has 0 aromatic carbocycles. The van der Waals surface area contributed by atoms with E-state index in [2.05, 4.69) is 21.4 Å². The van der Waals surface area contributed by atoms with E-state index < -0.39 is 0 Å². The summed E-state index contributed by atoms with van der Waals surface area (Å²) in [6.07, 6.45) is 9.67. The van der Waals surface area contributed by atoms with Gasteiger partial charge in [-0.2, -0.15) is 5.10 Å². The number of hydrogen-bond donors (Lipinski definition) is 2. The first-order valence-corrected chi connectivity index (χ1v) is 5.43. The SMILES string of the molecule is C#CCCC(=O)NCCCc1cn[nH]c1C. The first kappa shape index (κ1) is 12.3. The van der Waals surface area contributed by atoms with E-state index in [9.17, 15) is 4.79 Å². The Morgan fingerprint density at radius 3 is 3.12 bits per heavy atom. The molecule has 1 aromatic heterocycles. The first-order valence-electron chi connectivity index (χ1n) is 5.43. The molecule has 1 amide bonds. The van der Waals surface area contributed by atoms with Gasteiger partial charge in [-0.15, -0.1) is 12.3 Å². The number of amides is 1. The van der Waals surface area contributed by atoms with Crippen molar-refractivity contribution in [1.82, 2.24) is 15.5 Å². The van der Waals surface area contributed by atoms with E-state index in [0.29, 0.717) is 19.4 Å². The lowest BCUT2D eigenvalue weighted by Gasteiger charge is -2.03. The van der Waals surface area contributed by atoms with Crippen LogP contribution in [0.3, 0.4) is 0 Å². The van der Waals surface area contributed by atoms with Crippen LogP contribution in [-0.4, -0.2) is 22.6 Å². The highest BCUT2D eigenvalue weighted by Crippen LogP contribution is 2.04. The van der Waals surface area contributed by atoms with Gasteiger partial charge in [0, 0.05) is 25.1 Å². The van der Waals surface area contributed by atoms with Crippen LogP contribution in [0, 0.1) is 19.3 Å². The highest BCUT2D eigenvalue weighted by atomic mass is 16.1. The van der Waals surface area contributed by atoms with E-state index in [1.807, 2.05) is 13.1 Å². The smallest absolute Gasteiger partial charge is 0.220 e. The molecule has 0 saturated carbocycles. The van der Waals surface area contributed by atoms with Crippen molar-refractivity contribution in [2.24, 2.45) is 0 Å². The zero-order chi connectivity index (χ0) is 11.8. The number of nitrogens with zero attached hydrogens (tertiary/aromatic N) is 1. The molecular weight excluding hydrogens is 202 g/mol. The van der Waals surface area contributed by atoms with Gasteiger partial charge in [-0.3, -0.25) is 9.89 Å². The Bertz CT molecular complexity index is 376. The van der Waals surface area contributed by atoms with Crippen LogP contribution in [0.15, 0.2) is 6.20 Å². The number of carbonyl (C=O) groups excluding carboxylic acids is 1. The molecule has 0 bridgehead atoms.